The molecule has 7 rings (SSSR count). The summed E-state index contributed by atoms with van der Waals surface area (Å²) in [4.78, 5) is 9.47. The van der Waals surface area contributed by atoms with E-state index >= 15 is 0 Å². The van der Waals surface area contributed by atoms with E-state index in [2.05, 4.69) is 83.1 Å². The summed E-state index contributed by atoms with van der Waals surface area (Å²) in [7, 11) is 0. The summed E-state index contributed by atoms with van der Waals surface area (Å²) >= 11 is -2.36. The van der Waals surface area contributed by atoms with E-state index in [9.17, 15) is 0 Å². The van der Waals surface area contributed by atoms with Gasteiger partial charge >= 0.3 is 145 Å². The fraction of sp³-hybridized carbons (Fsp3) is 0.286. The third-order valence-corrected chi connectivity index (χ3v) is 12.2. The van der Waals surface area contributed by atoms with E-state index in [0.717, 1.165) is 48.8 Å². The van der Waals surface area contributed by atoms with Crippen LogP contribution in [-0.4, -0.2) is 27.8 Å². The molecule has 6 heteroatoms. The molecule has 0 N–H and O–H groups in total. The molecule has 4 aromatic carbocycles. The molecular formula is C42H45GeIrN3O-2. The molecule has 0 saturated heterocycles. The molecule has 0 bridgehead atoms. The van der Waals surface area contributed by atoms with Crippen molar-refractivity contribution in [3.8, 4) is 22.6 Å². The van der Waals surface area contributed by atoms with Crippen LogP contribution >= 0.6 is 0 Å². The first kappa shape index (κ1) is 29.4. The van der Waals surface area contributed by atoms with Crippen molar-refractivity contribution in [1.29, 1.82) is 0 Å². The third-order valence-electron chi connectivity index (χ3n) is 7.98. The van der Waals surface area contributed by atoms with Gasteiger partial charge in [-0.25, -0.2) is 0 Å². The van der Waals surface area contributed by atoms with Gasteiger partial charge in [0.2, 0.25) is 0 Å². The van der Waals surface area contributed by atoms with Crippen LogP contribution < -0.4 is 4.40 Å². The first-order chi connectivity index (χ1) is 24.3. The van der Waals surface area contributed by atoms with Crippen LogP contribution in [-0.2, 0) is 26.5 Å². The van der Waals surface area contributed by atoms with Crippen molar-refractivity contribution in [2.75, 3.05) is 0 Å². The first-order valence-corrected chi connectivity index (χ1v) is 23.5. The maximum absolute atomic E-state index is 8.80. The average Bonchev–Trinajstić information content (AvgIpc) is 3.66. The second-order valence-corrected chi connectivity index (χ2v) is 24.9. The maximum atomic E-state index is 8.80. The van der Waals surface area contributed by atoms with E-state index in [1.165, 1.54) is 6.07 Å². The van der Waals surface area contributed by atoms with Crippen molar-refractivity contribution < 1.29 is 31.4 Å². The molecule has 0 fully saturated rings. The summed E-state index contributed by atoms with van der Waals surface area (Å²) in [5.41, 5.74) is 6.43. The van der Waals surface area contributed by atoms with Crippen molar-refractivity contribution in [2.45, 2.75) is 71.2 Å². The van der Waals surface area contributed by atoms with Crippen molar-refractivity contribution in [2.24, 2.45) is 5.41 Å². The number of benzene rings is 4. The number of hydrogen-bond donors (Lipinski definition) is 0. The Hall–Kier alpha value is -3.51. The maximum Gasteiger partial charge on any atom is 0 e. The van der Waals surface area contributed by atoms with Gasteiger partial charge < -0.3 is 8.98 Å². The Balaban J connectivity index is 0.000000201. The zero-order chi connectivity index (χ0) is 37.8. The normalized spacial score (nSPS) is 14.1. The van der Waals surface area contributed by atoms with Crippen molar-refractivity contribution in [3.63, 3.8) is 0 Å². The number of aromatic nitrogens is 3. The molecule has 0 spiro atoms. The smallest absolute Gasteiger partial charge is 0 e. The molecule has 0 aliphatic carbocycles. The fourth-order valence-electron chi connectivity index (χ4n) is 5.89. The summed E-state index contributed by atoms with van der Waals surface area (Å²) in [6.45, 7) is 7.91. The van der Waals surface area contributed by atoms with Crippen LogP contribution in [0, 0.1) is 24.4 Å². The van der Waals surface area contributed by atoms with Gasteiger partial charge in [-0.05, 0) is 32.0 Å². The number of fused-ring (bicyclic) bond motifs is 4. The van der Waals surface area contributed by atoms with Crippen molar-refractivity contribution in [1.82, 2.24) is 14.5 Å². The minimum Gasteiger partial charge on any atom is 0 e. The second kappa shape index (κ2) is 14.2. The molecule has 48 heavy (non-hydrogen) atoms. The molecule has 3 aromatic heterocycles. The predicted molar refractivity (Wildman–Crippen MR) is 201 cm³/mol. The zero-order valence-electron chi connectivity index (χ0n) is 33.8. The van der Waals surface area contributed by atoms with E-state index in [1.807, 2.05) is 63.4 Å². The minimum atomic E-state index is -2.36. The van der Waals surface area contributed by atoms with Crippen LogP contribution in [0.4, 0.5) is 0 Å². The summed E-state index contributed by atoms with van der Waals surface area (Å²) in [5.74, 6) is 7.60. The topological polar surface area (TPSA) is 43.9 Å². The van der Waals surface area contributed by atoms with Gasteiger partial charge in [0.05, 0.1) is 22.4 Å². The molecule has 4 nitrogen and oxygen atoms in total. The van der Waals surface area contributed by atoms with Crippen LogP contribution in [0.15, 0.2) is 95.5 Å². The summed E-state index contributed by atoms with van der Waals surface area (Å²) < 4.78 is 49.5. The molecule has 0 saturated carbocycles. The van der Waals surface area contributed by atoms with Crippen LogP contribution in [0.3, 0.4) is 0 Å². The number of pyridine rings is 1. The minimum absolute atomic E-state index is 0. The van der Waals surface area contributed by atoms with Gasteiger partial charge in [0, 0.05) is 31.5 Å². The number of rotatable bonds is 5. The van der Waals surface area contributed by atoms with E-state index < -0.39 is 31.9 Å². The Morgan fingerprint density at radius 2 is 1.71 bits per heavy atom. The van der Waals surface area contributed by atoms with Crippen LogP contribution in [0.25, 0.3) is 55.6 Å². The molecule has 1 radical (unpaired) electrons. The van der Waals surface area contributed by atoms with Gasteiger partial charge in [0.1, 0.15) is 5.58 Å². The fourth-order valence-corrected chi connectivity index (χ4v) is 8.82. The molecule has 249 valence electrons. The number of hydrogen-bond acceptors (Lipinski definition) is 3. The number of aryl methyl sites for hydroxylation is 1. The van der Waals surface area contributed by atoms with Crippen LogP contribution in [0.5, 0.6) is 0 Å². The van der Waals surface area contributed by atoms with Gasteiger partial charge in [0.25, 0.3) is 0 Å². The quantitative estimate of drug-likeness (QED) is 0.128. The Kier molecular flexibility index (Phi) is 8.67. The standard InChI is InChI=1S/C22H17N2O.C20H28GeN.Ir/c1-14(2)24-19-12-5-4-11-18(19)23-22(24)17-10-7-9-16-15-8-3-6-13-20(15)25-21(16)17;1-15-8-10-16(11-9-15)19-12-17(13-20(2,3)4)18(14-22-19)21(5,6)7;/h3-9,11-14H,1-2H3;8-10,12,14H,13H2,1-7H3;/q2*-1;/i;1D3,13D2;. The van der Waals surface area contributed by atoms with Gasteiger partial charge in [-0.15, -0.1) is 18.2 Å². The summed E-state index contributed by atoms with van der Waals surface area (Å²) in [6, 6.07) is 33.6. The zero-order valence-corrected chi connectivity index (χ0v) is 33.3. The van der Waals surface area contributed by atoms with Gasteiger partial charge in [-0.2, -0.15) is 0 Å². The van der Waals surface area contributed by atoms with Crippen molar-refractivity contribution >= 4 is 50.6 Å². The number of furan rings is 1. The molecule has 0 aliphatic rings. The van der Waals surface area contributed by atoms with E-state index in [0.29, 0.717) is 16.8 Å². The Bertz CT molecular complexity index is 2380. The molecule has 0 aliphatic heterocycles. The number of imidazole rings is 1. The molecule has 0 amide bonds. The Labute approximate surface area is 308 Å². The van der Waals surface area contributed by atoms with Crippen LogP contribution in [0.1, 0.15) is 58.6 Å². The molecule has 0 atom stereocenters. The van der Waals surface area contributed by atoms with Gasteiger partial charge in [0.15, 0.2) is 0 Å². The summed E-state index contributed by atoms with van der Waals surface area (Å²) in [5, 5.41) is 2.23. The molecule has 0 unspecified atom stereocenters. The van der Waals surface area contributed by atoms with Crippen molar-refractivity contribution in [3.05, 3.63) is 114 Å². The first-order valence-electron chi connectivity index (χ1n) is 18.6. The predicted octanol–water partition coefficient (Wildman–Crippen LogP) is 11.0. The van der Waals surface area contributed by atoms with E-state index in [4.69, 9.17) is 16.3 Å². The Morgan fingerprint density at radius 3 is 2.40 bits per heavy atom. The van der Waals surface area contributed by atoms with E-state index in [-0.39, 0.29) is 31.7 Å². The monoisotopic (exact) mass is 879 g/mol. The largest absolute Gasteiger partial charge is 0 e. The number of nitrogens with zero attached hydrogens (tertiary/aromatic N) is 3. The molecule has 7 aromatic rings. The van der Waals surface area contributed by atoms with Gasteiger partial charge in [-0.1, -0.05) is 41.3 Å². The van der Waals surface area contributed by atoms with E-state index in [1.54, 1.807) is 12.1 Å². The van der Waals surface area contributed by atoms with Crippen LogP contribution in [0.2, 0.25) is 17.3 Å². The molecule has 3 heterocycles. The SMILES string of the molecule is CC(C)n1c(-c2[c-]ccc3c2oc2ccccc23)nc2ccccc21.[2H]C([2H])([2H])c1c[c-]c(-c2cc(C([2H])([2H])C(C)(C)C)[c]([Ge]([CH3])([CH3])[CH3])cn2)cc1.[Ir]. The van der Waals surface area contributed by atoms with Gasteiger partial charge in [-0.3, -0.25) is 4.98 Å². The molecular weight excluding hydrogens is 827 g/mol. The summed E-state index contributed by atoms with van der Waals surface area (Å²) in [6.07, 6.45) is 0.303. The third kappa shape index (κ3) is 7.54. The average molecular weight is 878 g/mol. The second-order valence-electron chi connectivity index (χ2n) is 14.3. The Morgan fingerprint density at radius 1 is 0.958 bits per heavy atom. The number of para-hydroxylation sites is 3.